The van der Waals surface area contributed by atoms with Gasteiger partial charge in [-0.25, -0.2) is 0 Å². The Labute approximate surface area is 125 Å². The molecule has 2 rings (SSSR count). The SMILES string of the molecule is Cc1ccc(NC(=O)c2cnc(C)cc2NN)c(Br)c1. The van der Waals surface area contributed by atoms with Gasteiger partial charge in [-0.1, -0.05) is 6.07 Å². The molecule has 20 heavy (non-hydrogen) atoms. The van der Waals surface area contributed by atoms with E-state index in [1.54, 1.807) is 6.07 Å². The number of amides is 1. The highest BCUT2D eigenvalue weighted by Gasteiger charge is 2.13. The molecule has 2 aromatic rings. The lowest BCUT2D eigenvalue weighted by Crippen LogP contribution is -2.18. The number of pyridine rings is 1. The van der Waals surface area contributed by atoms with E-state index in [-0.39, 0.29) is 5.91 Å². The molecule has 0 fully saturated rings. The van der Waals surface area contributed by atoms with Crippen LogP contribution in [-0.2, 0) is 0 Å². The first-order valence-electron chi connectivity index (χ1n) is 6.02. The molecule has 104 valence electrons. The van der Waals surface area contributed by atoms with Gasteiger partial charge in [0.25, 0.3) is 5.91 Å². The lowest BCUT2D eigenvalue weighted by atomic mass is 10.2. The summed E-state index contributed by atoms with van der Waals surface area (Å²) in [5.41, 5.74) is 6.04. The number of hydrazine groups is 1. The Hall–Kier alpha value is -1.92. The summed E-state index contributed by atoms with van der Waals surface area (Å²) in [6.07, 6.45) is 1.50. The van der Waals surface area contributed by atoms with Crippen LogP contribution in [0, 0.1) is 13.8 Å². The number of nitrogens with zero attached hydrogens (tertiary/aromatic N) is 1. The standard InChI is InChI=1S/C14H15BrN4O/c1-8-3-4-12(11(15)5-8)18-14(20)10-7-17-9(2)6-13(10)19-16/h3-7H,16H2,1-2H3,(H,17,19)(H,18,20). The second-order valence-corrected chi connectivity index (χ2v) is 5.31. The van der Waals surface area contributed by atoms with Crippen molar-refractivity contribution in [2.24, 2.45) is 5.84 Å². The Kier molecular flexibility index (Phi) is 4.36. The van der Waals surface area contributed by atoms with Crippen molar-refractivity contribution in [1.29, 1.82) is 0 Å². The zero-order valence-corrected chi connectivity index (χ0v) is 12.8. The molecule has 1 heterocycles. The predicted molar refractivity (Wildman–Crippen MR) is 83.6 cm³/mol. The molecule has 6 heteroatoms. The molecule has 0 radical (unpaired) electrons. The monoisotopic (exact) mass is 334 g/mol. The molecule has 0 spiro atoms. The molecular weight excluding hydrogens is 320 g/mol. The fourth-order valence-corrected chi connectivity index (χ4v) is 2.36. The molecule has 0 atom stereocenters. The number of nitrogen functional groups attached to an aromatic ring is 1. The maximum absolute atomic E-state index is 12.3. The van der Waals surface area contributed by atoms with Crippen LogP contribution in [0.1, 0.15) is 21.6 Å². The number of hydrogen-bond acceptors (Lipinski definition) is 4. The summed E-state index contributed by atoms with van der Waals surface area (Å²) in [5.74, 6) is 5.16. The van der Waals surface area contributed by atoms with Crippen LogP contribution in [0.25, 0.3) is 0 Å². The number of aromatic nitrogens is 1. The molecule has 0 saturated heterocycles. The van der Waals surface area contributed by atoms with Gasteiger partial charge in [0, 0.05) is 16.4 Å². The zero-order valence-electron chi connectivity index (χ0n) is 11.2. The number of anilines is 2. The predicted octanol–water partition coefficient (Wildman–Crippen LogP) is 3.00. The van der Waals surface area contributed by atoms with Crippen molar-refractivity contribution in [2.45, 2.75) is 13.8 Å². The fourth-order valence-electron chi connectivity index (χ4n) is 1.77. The molecule has 1 aromatic carbocycles. The van der Waals surface area contributed by atoms with E-state index in [9.17, 15) is 4.79 Å². The van der Waals surface area contributed by atoms with Crippen molar-refractivity contribution >= 4 is 33.2 Å². The quantitative estimate of drug-likeness (QED) is 0.595. The number of hydrogen-bond donors (Lipinski definition) is 3. The van der Waals surface area contributed by atoms with Gasteiger partial charge in [-0.3, -0.25) is 15.6 Å². The van der Waals surface area contributed by atoms with Gasteiger partial charge in [-0.15, -0.1) is 0 Å². The first kappa shape index (κ1) is 14.5. The first-order chi connectivity index (χ1) is 9.51. The number of rotatable bonds is 3. The van der Waals surface area contributed by atoms with Crippen LogP contribution in [0.4, 0.5) is 11.4 Å². The second kappa shape index (κ2) is 6.02. The van der Waals surface area contributed by atoms with E-state index in [0.717, 1.165) is 15.7 Å². The van der Waals surface area contributed by atoms with Crippen molar-refractivity contribution in [1.82, 2.24) is 4.98 Å². The summed E-state index contributed by atoms with van der Waals surface area (Å²) < 4.78 is 0.827. The van der Waals surface area contributed by atoms with Crippen molar-refractivity contribution in [2.75, 3.05) is 10.7 Å². The molecule has 0 aliphatic heterocycles. The number of nitrogens with two attached hydrogens (primary N) is 1. The molecule has 0 bridgehead atoms. The van der Waals surface area contributed by atoms with Gasteiger partial charge in [0.15, 0.2) is 0 Å². The minimum Gasteiger partial charge on any atom is -0.323 e. The van der Waals surface area contributed by atoms with Gasteiger partial charge in [0.1, 0.15) is 0 Å². The third-order valence-corrected chi connectivity index (χ3v) is 3.47. The molecule has 0 aliphatic carbocycles. The Morgan fingerprint density at radius 3 is 2.65 bits per heavy atom. The number of carbonyl (C=O) groups is 1. The Bertz CT molecular complexity index is 658. The number of nitrogens with one attached hydrogen (secondary N) is 2. The number of benzene rings is 1. The Morgan fingerprint density at radius 1 is 1.25 bits per heavy atom. The van der Waals surface area contributed by atoms with Crippen molar-refractivity contribution < 1.29 is 4.79 Å². The van der Waals surface area contributed by atoms with Crippen LogP contribution >= 0.6 is 15.9 Å². The third-order valence-electron chi connectivity index (χ3n) is 2.81. The molecule has 1 amide bonds. The van der Waals surface area contributed by atoms with Crippen LogP contribution in [0.2, 0.25) is 0 Å². The highest BCUT2D eigenvalue weighted by atomic mass is 79.9. The maximum Gasteiger partial charge on any atom is 0.259 e. The van der Waals surface area contributed by atoms with Gasteiger partial charge in [-0.05, 0) is 53.5 Å². The lowest BCUT2D eigenvalue weighted by Gasteiger charge is -2.11. The number of halogens is 1. The summed E-state index contributed by atoms with van der Waals surface area (Å²) in [6, 6.07) is 7.43. The van der Waals surface area contributed by atoms with E-state index >= 15 is 0 Å². The van der Waals surface area contributed by atoms with Gasteiger partial charge in [-0.2, -0.15) is 0 Å². The first-order valence-corrected chi connectivity index (χ1v) is 6.81. The van der Waals surface area contributed by atoms with Crippen LogP contribution < -0.4 is 16.6 Å². The zero-order chi connectivity index (χ0) is 14.7. The normalized spacial score (nSPS) is 10.2. The van der Waals surface area contributed by atoms with E-state index < -0.39 is 0 Å². The largest absolute Gasteiger partial charge is 0.323 e. The van der Waals surface area contributed by atoms with Gasteiger partial charge >= 0.3 is 0 Å². The van der Waals surface area contributed by atoms with Crippen LogP contribution in [0.3, 0.4) is 0 Å². The molecule has 4 N–H and O–H groups in total. The number of carbonyl (C=O) groups excluding carboxylic acids is 1. The highest BCUT2D eigenvalue weighted by Crippen LogP contribution is 2.25. The van der Waals surface area contributed by atoms with Crippen molar-refractivity contribution in [3.05, 3.63) is 51.8 Å². The fraction of sp³-hybridized carbons (Fsp3) is 0.143. The maximum atomic E-state index is 12.3. The van der Waals surface area contributed by atoms with Crippen LogP contribution in [0.5, 0.6) is 0 Å². The molecule has 1 aromatic heterocycles. The summed E-state index contributed by atoms with van der Waals surface area (Å²) >= 11 is 3.42. The lowest BCUT2D eigenvalue weighted by molar-refractivity contribution is 0.102. The molecule has 0 saturated carbocycles. The summed E-state index contributed by atoms with van der Waals surface area (Å²) in [6.45, 7) is 3.82. The third kappa shape index (κ3) is 3.15. The van der Waals surface area contributed by atoms with Crippen LogP contribution in [-0.4, -0.2) is 10.9 Å². The highest BCUT2D eigenvalue weighted by molar-refractivity contribution is 9.10. The summed E-state index contributed by atoms with van der Waals surface area (Å²) in [7, 11) is 0. The van der Waals surface area contributed by atoms with Crippen molar-refractivity contribution in [3.8, 4) is 0 Å². The minimum absolute atomic E-state index is 0.269. The topological polar surface area (TPSA) is 80.0 Å². The summed E-state index contributed by atoms with van der Waals surface area (Å²) in [4.78, 5) is 16.4. The van der Waals surface area contributed by atoms with Crippen molar-refractivity contribution in [3.63, 3.8) is 0 Å². The second-order valence-electron chi connectivity index (χ2n) is 4.45. The van der Waals surface area contributed by atoms with Gasteiger partial charge < -0.3 is 10.7 Å². The molecule has 0 unspecified atom stereocenters. The summed E-state index contributed by atoms with van der Waals surface area (Å²) in [5, 5.41) is 2.83. The molecular formula is C14H15BrN4O. The molecule has 5 nitrogen and oxygen atoms in total. The minimum atomic E-state index is -0.269. The average molecular weight is 335 g/mol. The smallest absolute Gasteiger partial charge is 0.259 e. The van der Waals surface area contributed by atoms with E-state index in [2.05, 4.69) is 31.7 Å². The number of aryl methyl sites for hydroxylation is 2. The van der Waals surface area contributed by atoms with E-state index in [1.807, 2.05) is 32.0 Å². The van der Waals surface area contributed by atoms with E-state index in [0.29, 0.717) is 16.9 Å². The van der Waals surface area contributed by atoms with E-state index in [1.165, 1.54) is 6.20 Å². The Balaban J connectivity index is 2.28. The molecule has 0 aliphatic rings. The van der Waals surface area contributed by atoms with Gasteiger partial charge in [0.2, 0.25) is 0 Å². The van der Waals surface area contributed by atoms with Gasteiger partial charge in [0.05, 0.1) is 16.9 Å². The van der Waals surface area contributed by atoms with Crippen LogP contribution in [0.15, 0.2) is 34.9 Å². The average Bonchev–Trinajstić information content (AvgIpc) is 2.41. The van der Waals surface area contributed by atoms with E-state index in [4.69, 9.17) is 5.84 Å². The Morgan fingerprint density at radius 2 is 2.00 bits per heavy atom.